The van der Waals surface area contributed by atoms with Gasteiger partial charge in [-0.15, -0.1) is 0 Å². The summed E-state index contributed by atoms with van der Waals surface area (Å²) in [7, 11) is 0. The van der Waals surface area contributed by atoms with Gasteiger partial charge in [-0.3, -0.25) is 0 Å². The number of carbonyl (C=O) groups is 1. The van der Waals surface area contributed by atoms with Gasteiger partial charge in [0.15, 0.2) is 0 Å². The van der Waals surface area contributed by atoms with Crippen molar-refractivity contribution in [3.8, 4) is 5.88 Å². The molecule has 1 aromatic rings. The molecule has 0 saturated carbocycles. The third kappa shape index (κ3) is 3.14. The summed E-state index contributed by atoms with van der Waals surface area (Å²) in [6.07, 6.45) is 3.94. The molecule has 0 saturated heterocycles. The Kier molecular flexibility index (Phi) is 3.31. The lowest BCUT2D eigenvalue weighted by atomic mass is 10.3. The van der Waals surface area contributed by atoms with E-state index in [-0.39, 0.29) is 5.88 Å². The maximum absolute atomic E-state index is 10.1. The number of hydrogen-bond acceptors (Lipinski definition) is 3. The van der Waals surface area contributed by atoms with E-state index in [1.807, 2.05) is 4.57 Å². The van der Waals surface area contributed by atoms with Crippen LogP contribution in [0.4, 0.5) is 4.79 Å². The second-order valence-corrected chi connectivity index (χ2v) is 2.67. The third-order valence-electron chi connectivity index (χ3n) is 1.57. The van der Waals surface area contributed by atoms with E-state index in [0.29, 0.717) is 0 Å². The zero-order valence-electron chi connectivity index (χ0n) is 7.43. The van der Waals surface area contributed by atoms with E-state index in [1.54, 1.807) is 12.5 Å². The van der Waals surface area contributed by atoms with Crippen molar-refractivity contribution in [3.63, 3.8) is 0 Å². The number of ether oxygens (including phenoxy) is 1. The van der Waals surface area contributed by atoms with Gasteiger partial charge < -0.3 is 14.4 Å². The Hall–Kier alpha value is -1.52. The zero-order chi connectivity index (χ0) is 9.68. The minimum Gasteiger partial charge on any atom is -0.449 e. The van der Waals surface area contributed by atoms with Crippen molar-refractivity contribution in [2.75, 3.05) is 0 Å². The van der Waals surface area contributed by atoms with E-state index in [1.165, 1.54) is 0 Å². The molecule has 0 radical (unpaired) electrons. The number of aryl methyl sites for hydroxylation is 1. The molecule has 5 heteroatoms. The lowest BCUT2D eigenvalue weighted by Gasteiger charge is -1.97. The summed E-state index contributed by atoms with van der Waals surface area (Å²) in [5.74, 6) is 0.128. The van der Waals surface area contributed by atoms with E-state index < -0.39 is 6.16 Å². The van der Waals surface area contributed by atoms with Gasteiger partial charge in [-0.05, 0) is 6.42 Å². The van der Waals surface area contributed by atoms with Crippen molar-refractivity contribution in [1.82, 2.24) is 9.55 Å². The van der Waals surface area contributed by atoms with Crippen LogP contribution in [0.1, 0.15) is 19.8 Å². The van der Waals surface area contributed by atoms with Crippen molar-refractivity contribution in [1.29, 1.82) is 0 Å². The molecule has 0 aromatic carbocycles. The molecule has 1 heterocycles. The van der Waals surface area contributed by atoms with Crippen molar-refractivity contribution >= 4 is 6.16 Å². The summed E-state index contributed by atoms with van der Waals surface area (Å²) >= 11 is 0. The molecule has 0 aliphatic carbocycles. The van der Waals surface area contributed by atoms with Crippen molar-refractivity contribution < 1.29 is 14.6 Å². The first kappa shape index (κ1) is 9.57. The smallest absolute Gasteiger partial charge is 0.449 e. The molecule has 0 unspecified atom stereocenters. The van der Waals surface area contributed by atoms with Gasteiger partial charge in [0.2, 0.25) is 5.88 Å². The number of rotatable bonds is 4. The van der Waals surface area contributed by atoms with Gasteiger partial charge in [-0.1, -0.05) is 13.3 Å². The number of unbranched alkanes of at least 4 members (excludes halogenated alkanes) is 1. The monoisotopic (exact) mass is 184 g/mol. The number of carboxylic acid groups (broad SMARTS) is 1. The van der Waals surface area contributed by atoms with E-state index in [9.17, 15) is 4.79 Å². The second-order valence-electron chi connectivity index (χ2n) is 2.67. The first-order valence-corrected chi connectivity index (χ1v) is 4.15. The Labute approximate surface area is 76.0 Å². The van der Waals surface area contributed by atoms with Gasteiger partial charge in [0.25, 0.3) is 0 Å². The Morgan fingerprint density at radius 3 is 3.15 bits per heavy atom. The molecule has 5 nitrogen and oxygen atoms in total. The molecule has 1 N–H and O–H groups in total. The standard InChI is InChI=1S/C8H12N2O3/c1-2-3-4-10-5-7(9-6-10)13-8(11)12/h5-6H,2-4H2,1H3,(H,11,12). The summed E-state index contributed by atoms with van der Waals surface area (Å²) in [5.41, 5.74) is 0. The summed E-state index contributed by atoms with van der Waals surface area (Å²) in [6.45, 7) is 2.93. The van der Waals surface area contributed by atoms with Crippen LogP contribution in [0.15, 0.2) is 12.5 Å². The topological polar surface area (TPSA) is 64.4 Å². The maximum Gasteiger partial charge on any atom is 0.512 e. The molecule has 0 amide bonds. The lowest BCUT2D eigenvalue weighted by molar-refractivity contribution is 0.142. The van der Waals surface area contributed by atoms with E-state index >= 15 is 0 Å². The summed E-state index contributed by atoms with van der Waals surface area (Å²) in [6, 6.07) is 0. The lowest BCUT2D eigenvalue weighted by Crippen LogP contribution is -2.02. The Morgan fingerprint density at radius 1 is 1.77 bits per heavy atom. The van der Waals surface area contributed by atoms with Crippen LogP contribution in [0.2, 0.25) is 0 Å². The highest BCUT2D eigenvalue weighted by atomic mass is 16.7. The molecule has 0 fully saturated rings. The molecule has 0 atom stereocenters. The largest absolute Gasteiger partial charge is 0.512 e. The van der Waals surface area contributed by atoms with E-state index in [2.05, 4.69) is 16.6 Å². The summed E-state index contributed by atoms with van der Waals surface area (Å²) in [5, 5.41) is 8.28. The Morgan fingerprint density at radius 2 is 2.54 bits per heavy atom. The number of nitrogens with zero attached hydrogens (tertiary/aromatic N) is 2. The number of imidazole rings is 1. The van der Waals surface area contributed by atoms with Crippen LogP contribution in [0, 0.1) is 0 Å². The minimum atomic E-state index is -1.33. The van der Waals surface area contributed by atoms with Gasteiger partial charge in [0.1, 0.15) is 0 Å². The average Bonchev–Trinajstić information content (AvgIpc) is 2.48. The highest BCUT2D eigenvalue weighted by Gasteiger charge is 2.03. The second kappa shape index (κ2) is 4.49. The maximum atomic E-state index is 10.1. The fraction of sp³-hybridized carbons (Fsp3) is 0.500. The quantitative estimate of drug-likeness (QED) is 0.724. The first-order chi connectivity index (χ1) is 6.22. The van der Waals surface area contributed by atoms with Crippen LogP contribution in [0.25, 0.3) is 0 Å². The molecule has 1 aromatic heterocycles. The minimum absolute atomic E-state index is 0.128. The molecule has 0 aliphatic heterocycles. The van der Waals surface area contributed by atoms with Gasteiger partial charge in [0, 0.05) is 6.54 Å². The van der Waals surface area contributed by atoms with E-state index in [4.69, 9.17) is 5.11 Å². The molecule has 13 heavy (non-hydrogen) atoms. The van der Waals surface area contributed by atoms with Crippen molar-refractivity contribution in [2.24, 2.45) is 0 Å². The SMILES string of the molecule is CCCCn1cnc(OC(=O)O)c1. The van der Waals surface area contributed by atoms with Gasteiger partial charge in [-0.25, -0.2) is 9.78 Å². The van der Waals surface area contributed by atoms with Crippen LogP contribution in [0.3, 0.4) is 0 Å². The molecule has 1 rings (SSSR count). The molecule has 0 spiro atoms. The van der Waals surface area contributed by atoms with Crippen LogP contribution >= 0.6 is 0 Å². The van der Waals surface area contributed by atoms with Gasteiger partial charge in [0.05, 0.1) is 12.5 Å². The zero-order valence-corrected chi connectivity index (χ0v) is 7.43. The normalized spacial score (nSPS) is 9.92. The Bertz CT molecular complexity index is 283. The van der Waals surface area contributed by atoms with Crippen LogP contribution in [-0.4, -0.2) is 20.8 Å². The predicted molar refractivity (Wildman–Crippen MR) is 45.8 cm³/mol. The predicted octanol–water partition coefficient (Wildman–Crippen LogP) is 1.74. The fourth-order valence-electron chi connectivity index (χ4n) is 0.945. The van der Waals surface area contributed by atoms with E-state index in [0.717, 1.165) is 19.4 Å². The number of hydrogen-bond donors (Lipinski definition) is 1. The van der Waals surface area contributed by atoms with Crippen LogP contribution in [-0.2, 0) is 6.54 Å². The van der Waals surface area contributed by atoms with Gasteiger partial charge >= 0.3 is 6.16 Å². The van der Waals surface area contributed by atoms with Crippen LogP contribution in [0.5, 0.6) is 5.88 Å². The first-order valence-electron chi connectivity index (χ1n) is 4.15. The molecule has 0 aliphatic rings. The van der Waals surface area contributed by atoms with Crippen molar-refractivity contribution in [2.45, 2.75) is 26.3 Å². The third-order valence-corrected chi connectivity index (χ3v) is 1.57. The molecular weight excluding hydrogens is 172 g/mol. The van der Waals surface area contributed by atoms with Crippen molar-refractivity contribution in [3.05, 3.63) is 12.5 Å². The summed E-state index contributed by atoms with van der Waals surface area (Å²) in [4.78, 5) is 13.9. The average molecular weight is 184 g/mol. The Balaban J connectivity index is 2.48. The van der Waals surface area contributed by atoms with Crippen LogP contribution < -0.4 is 4.74 Å². The van der Waals surface area contributed by atoms with Gasteiger partial charge in [-0.2, -0.15) is 0 Å². The molecular formula is C8H12N2O3. The summed E-state index contributed by atoms with van der Waals surface area (Å²) < 4.78 is 6.17. The highest BCUT2D eigenvalue weighted by molar-refractivity contribution is 5.60. The molecule has 0 bridgehead atoms. The highest BCUT2D eigenvalue weighted by Crippen LogP contribution is 2.06. The number of aromatic nitrogens is 2. The fourth-order valence-corrected chi connectivity index (χ4v) is 0.945. The molecule has 72 valence electrons.